The van der Waals surface area contributed by atoms with Gasteiger partial charge in [0.1, 0.15) is 6.17 Å². The van der Waals surface area contributed by atoms with Gasteiger partial charge in [0.15, 0.2) is 0 Å². The van der Waals surface area contributed by atoms with Gasteiger partial charge in [-0.15, -0.1) is 0 Å². The Labute approximate surface area is 83.1 Å². The molecule has 2 aliphatic rings. The molecule has 2 rings (SSSR count). The zero-order chi connectivity index (χ0) is 9.42. The van der Waals surface area contributed by atoms with Crippen LogP contribution in [0.25, 0.3) is 0 Å². The fourth-order valence-corrected chi connectivity index (χ4v) is 4.24. The number of hydrogen-bond acceptors (Lipinski definition) is 2. The summed E-state index contributed by atoms with van der Waals surface area (Å²) in [5.74, 6) is 0.227. The normalized spacial score (nSPS) is 51.5. The number of aliphatic hydroxyl groups excluding tert-OH is 1. The van der Waals surface area contributed by atoms with E-state index in [-0.39, 0.29) is 12.0 Å². The third-order valence-electron chi connectivity index (χ3n) is 3.24. The molecule has 5 unspecified atom stereocenters. The quantitative estimate of drug-likeness (QED) is 0.653. The number of halogens is 1. The Morgan fingerprint density at radius 1 is 1.31 bits per heavy atom. The third kappa shape index (κ3) is 2.01. The number of rotatable bonds is 0. The Morgan fingerprint density at radius 3 is 2.85 bits per heavy atom. The highest BCUT2D eigenvalue weighted by molar-refractivity contribution is 8.00. The minimum atomic E-state index is -0.662. The lowest BCUT2D eigenvalue weighted by molar-refractivity contribution is 0.0520. The van der Waals surface area contributed by atoms with Crippen LogP contribution in [0.4, 0.5) is 4.39 Å². The average Bonchev–Trinajstić information content (AvgIpc) is 2.06. The molecule has 0 amide bonds. The molecule has 1 saturated heterocycles. The summed E-state index contributed by atoms with van der Waals surface area (Å²) < 4.78 is 13.1. The van der Waals surface area contributed by atoms with Crippen LogP contribution < -0.4 is 0 Å². The molecular formula is C10H17FOS. The van der Waals surface area contributed by atoms with Crippen molar-refractivity contribution >= 4 is 11.8 Å². The summed E-state index contributed by atoms with van der Waals surface area (Å²) in [6.45, 7) is 2.16. The minimum absolute atomic E-state index is 0.227. The summed E-state index contributed by atoms with van der Waals surface area (Å²) in [6.07, 6.45) is 2.18. The van der Waals surface area contributed by atoms with Gasteiger partial charge >= 0.3 is 0 Å². The van der Waals surface area contributed by atoms with Gasteiger partial charge in [-0.3, -0.25) is 0 Å². The highest BCUT2D eigenvalue weighted by Crippen LogP contribution is 2.44. The molecule has 1 heterocycles. The van der Waals surface area contributed by atoms with Gasteiger partial charge in [0.25, 0.3) is 0 Å². The molecule has 0 aromatic heterocycles. The Hall–Kier alpha value is 0.240. The standard InChI is InChI=1S/C10H17FOS/c1-6-4-9(12)8-5-7(11)2-3-10(8)13-6/h6-10,12H,2-5H2,1H3. The van der Waals surface area contributed by atoms with Crippen molar-refractivity contribution in [3.63, 3.8) is 0 Å². The lowest BCUT2D eigenvalue weighted by Crippen LogP contribution is -2.42. The van der Waals surface area contributed by atoms with Crippen molar-refractivity contribution in [1.82, 2.24) is 0 Å². The second-order valence-corrected chi connectivity index (χ2v) is 6.04. The number of thioether (sulfide) groups is 1. The summed E-state index contributed by atoms with van der Waals surface area (Å²) >= 11 is 1.95. The van der Waals surface area contributed by atoms with Crippen molar-refractivity contribution in [1.29, 1.82) is 0 Å². The van der Waals surface area contributed by atoms with E-state index in [1.807, 2.05) is 11.8 Å². The van der Waals surface area contributed by atoms with Gasteiger partial charge in [0.05, 0.1) is 6.10 Å². The summed E-state index contributed by atoms with van der Waals surface area (Å²) in [4.78, 5) is 0. The van der Waals surface area contributed by atoms with E-state index in [0.717, 1.165) is 12.8 Å². The predicted molar refractivity (Wildman–Crippen MR) is 53.7 cm³/mol. The van der Waals surface area contributed by atoms with Crippen LogP contribution in [-0.2, 0) is 0 Å². The molecule has 1 aliphatic carbocycles. The Bertz CT molecular complexity index is 188. The number of alkyl halides is 1. The van der Waals surface area contributed by atoms with E-state index < -0.39 is 6.17 Å². The zero-order valence-electron chi connectivity index (χ0n) is 7.95. The van der Waals surface area contributed by atoms with Crippen molar-refractivity contribution in [3.05, 3.63) is 0 Å². The van der Waals surface area contributed by atoms with Crippen LogP contribution in [0.5, 0.6) is 0 Å². The van der Waals surface area contributed by atoms with Crippen LogP contribution in [0.15, 0.2) is 0 Å². The van der Waals surface area contributed by atoms with Gasteiger partial charge in [-0.25, -0.2) is 4.39 Å². The van der Waals surface area contributed by atoms with Gasteiger partial charge in [0, 0.05) is 10.5 Å². The topological polar surface area (TPSA) is 20.2 Å². The fraction of sp³-hybridized carbons (Fsp3) is 1.00. The van der Waals surface area contributed by atoms with Crippen molar-refractivity contribution in [2.24, 2.45) is 5.92 Å². The van der Waals surface area contributed by atoms with Crippen LogP contribution in [0.1, 0.15) is 32.6 Å². The highest BCUT2D eigenvalue weighted by Gasteiger charge is 2.40. The molecular weight excluding hydrogens is 187 g/mol. The molecule has 0 aromatic rings. The maximum absolute atomic E-state index is 13.1. The first-order valence-electron chi connectivity index (χ1n) is 5.14. The predicted octanol–water partition coefficient (Wildman–Crippen LogP) is 2.38. The van der Waals surface area contributed by atoms with Gasteiger partial charge in [-0.05, 0) is 31.6 Å². The molecule has 1 aliphatic heterocycles. The van der Waals surface area contributed by atoms with Crippen molar-refractivity contribution in [3.8, 4) is 0 Å². The molecule has 1 nitrogen and oxygen atoms in total. The zero-order valence-corrected chi connectivity index (χ0v) is 8.77. The van der Waals surface area contributed by atoms with Crippen LogP contribution in [0.2, 0.25) is 0 Å². The monoisotopic (exact) mass is 204 g/mol. The minimum Gasteiger partial charge on any atom is -0.393 e. The largest absolute Gasteiger partial charge is 0.393 e. The molecule has 0 bridgehead atoms. The molecule has 76 valence electrons. The number of fused-ring (bicyclic) bond motifs is 1. The highest BCUT2D eigenvalue weighted by atomic mass is 32.2. The summed E-state index contributed by atoms with van der Waals surface area (Å²) in [6, 6.07) is 0. The SMILES string of the molecule is CC1CC(O)C2CC(F)CCC2S1. The fourth-order valence-electron chi connectivity index (χ4n) is 2.57. The molecule has 13 heavy (non-hydrogen) atoms. The van der Waals surface area contributed by atoms with E-state index in [1.54, 1.807) is 0 Å². The number of hydrogen-bond donors (Lipinski definition) is 1. The van der Waals surface area contributed by atoms with Crippen LogP contribution in [-0.4, -0.2) is 27.9 Å². The van der Waals surface area contributed by atoms with Crippen LogP contribution >= 0.6 is 11.8 Å². The third-order valence-corrected chi connectivity index (χ3v) is 4.84. The van der Waals surface area contributed by atoms with E-state index in [2.05, 4.69) is 6.92 Å². The molecule has 5 atom stereocenters. The molecule has 1 saturated carbocycles. The first-order valence-corrected chi connectivity index (χ1v) is 6.08. The second kappa shape index (κ2) is 3.77. The lowest BCUT2D eigenvalue weighted by atomic mass is 9.82. The molecule has 0 aromatic carbocycles. The van der Waals surface area contributed by atoms with E-state index in [4.69, 9.17) is 0 Å². The summed E-state index contributed by atoms with van der Waals surface area (Å²) in [5.41, 5.74) is 0. The van der Waals surface area contributed by atoms with Crippen LogP contribution in [0, 0.1) is 5.92 Å². The average molecular weight is 204 g/mol. The number of aliphatic hydroxyl groups is 1. The van der Waals surface area contributed by atoms with Gasteiger partial charge < -0.3 is 5.11 Å². The molecule has 0 spiro atoms. The smallest absolute Gasteiger partial charge is 0.101 e. The summed E-state index contributed by atoms with van der Waals surface area (Å²) in [5, 5.41) is 10.9. The lowest BCUT2D eigenvalue weighted by Gasteiger charge is -2.42. The van der Waals surface area contributed by atoms with Gasteiger partial charge in [0.2, 0.25) is 0 Å². The van der Waals surface area contributed by atoms with Gasteiger partial charge in [-0.1, -0.05) is 6.92 Å². The molecule has 2 fully saturated rings. The first-order chi connectivity index (χ1) is 6.16. The second-order valence-electron chi connectivity index (χ2n) is 4.36. The molecule has 0 radical (unpaired) electrons. The van der Waals surface area contributed by atoms with E-state index in [9.17, 15) is 9.50 Å². The van der Waals surface area contributed by atoms with Crippen molar-refractivity contribution < 1.29 is 9.50 Å². The Kier molecular flexibility index (Phi) is 2.84. The Balaban J connectivity index is 2.02. The van der Waals surface area contributed by atoms with E-state index >= 15 is 0 Å². The molecule has 1 N–H and O–H groups in total. The van der Waals surface area contributed by atoms with Crippen LogP contribution in [0.3, 0.4) is 0 Å². The summed E-state index contributed by atoms with van der Waals surface area (Å²) in [7, 11) is 0. The van der Waals surface area contributed by atoms with Gasteiger partial charge in [-0.2, -0.15) is 11.8 Å². The van der Waals surface area contributed by atoms with Crippen molar-refractivity contribution in [2.45, 2.75) is 55.4 Å². The van der Waals surface area contributed by atoms with E-state index in [0.29, 0.717) is 23.3 Å². The van der Waals surface area contributed by atoms with Crippen molar-refractivity contribution in [2.75, 3.05) is 0 Å². The Morgan fingerprint density at radius 2 is 2.08 bits per heavy atom. The maximum atomic E-state index is 13.1. The molecule has 3 heteroatoms. The first kappa shape index (κ1) is 9.78. The maximum Gasteiger partial charge on any atom is 0.101 e. The van der Waals surface area contributed by atoms with E-state index in [1.165, 1.54) is 0 Å².